The van der Waals surface area contributed by atoms with Crippen molar-refractivity contribution in [1.29, 1.82) is 0 Å². The molecule has 1 aromatic carbocycles. The molecule has 4 nitrogen and oxygen atoms in total. The zero-order valence-electron chi connectivity index (χ0n) is 8.93. The average molecular weight is 213 g/mol. The number of nitrogens with zero attached hydrogens (tertiary/aromatic N) is 3. The Kier molecular flexibility index (Phi) is 2.52. The highest BCUT2D eigenvalue weighted by Crippen LogP contribution is 2.15. The van der Waals surface area contributed by atoms with Crippen LogP contribution in [-0.4, -0.2) is 29.6 Å². The molecule has 2 aromatic rings. The maximum Gasteiger partial charge on any atom is 0.148 e. The molecule has 2 heterocycles. The van der Waals surface area contributed by atoms with Gasteiger partial charge in [-0.25, -0.2) is 15.3 Å². The highest BCUT2D eigenvalue weighted by atomic mass is 15.1. The second kappa shape index (κ2) is 4.15. The number of hydrogen-bond donors (Lipinski definition) is 1. The number of piperazine rings is 1. The lowest BCUT2D eigenvalue weighted by atomic mass is 10.2. The van der Waals surface area contributed by atoms with Crippen LogP contribution in [0.4, 0.5) is 0 Å². The van der Waals surface area contributed by atoms with Crippen molar-refractivity contribution in [3.05, 3.63) is 36.3 Å². The van der Waals surface area contributed by atoms with Gasteiger partial charge in [-0.1, -0.05) is 18.2 Å². The van der Waals surface area contributed by atoms with Crippen molar-refractivity contribution in [2.45, 2.75) is 6.04 Å². The molecular weight excluding hydrogens is 200 g/mol. The minimum atomic E-state index is 0.110. The van der Waals surface area contributed by atoms with Crippen molar-refractivity contribution in [2.75, 3.05) is 19.6 Å². The molecule has 1 saturated heterocycles. The second-order valence-electron chi connectivity index (χ2n) is 3.91. The second-order valence-corrected chi connectivity index (χ2v) is 3.91. The van der Waals surface area contributed by atoms with E-state index in [-0.39, 0.29) is 6.04 Å². The minimum Gasteiger partial charge on any atom is -0.313 e. The topological polar surface area (TPSA) is 51.9 Å². The monoisotopic (exact) mass is 213 g/mol. The van der Waals surface area contributed by atoms with Gasteiger partial charge in [-0.05, 0) is 6.07 Å². The van der Waals surface area contributed by atoms with Gasteiger partial charge < -0.3 is 5.32 Å². The van der Waals surface area contributed by atoms with E-state index in [9.17, 15) is 0 Å². The summed E-state index contributed by atoms with van der Waals surface area (Å²) in [5, 5.41) is 8.91. The van der Waals surface area contributed by atoms with E-state index in [1.54, 1.807) is 0 Å². The Balaban J connectivity index is 1.97. The summed E-state index contributed by atoms with van der Waals surface area (Å²) < 4.78 is 0. The Hall–Kier alpha value is -1.52. The molecular formula is C12H13N4. The van der Waals surface area contributed by atoms with Gasteiger partial charge in [-0.3, -0.25) is 0 Å². The molecule has 4 heteroatoms. The number of nitrogens with one attached hydrogen (secondary N) is 1. The molecule has 0 aliphatic carbocycles. The third-order valence-electron chi connectivity index (χ3n) is 2.78. The summed E-state index contributed by atoms with van der Waals surface area (Å²) in [6.45, 7) is 2.66. The fraction of sp³-hybridized carbons (Fsp3) is 0.333. The van der Waals surface area contributed by atoms with E-state index in [0.717, 1.165) is 36.4 Å². The number of benzene rings is 1. The van der Waals surface area contributed by atoms with Crippen molar-refractivity contribution in [3.63, 3.8) is 0 Å². The van der Waals surface area contributed by atoms with E-state index in [2.05, 4.69) is 20.6 Å². The van der Waals surface area contributed by atoms with E-state index >= 15 is 0 Å². The minimum absolute atomic E-state index is 0.110. The van der Waals surface area contributed by atoms with Crippen molar-refractivity contribution >= 4 is 10.9 Å². The van der Waals surface area contributed by atoms with Gasteiger partial charge in [0.1, 0.15) is 5.82 Å². The molecule has 16 heavy (non-hydrogen) atoms. The lowest BCUT2D eigenvalue weighted by Gasteiger charge is -2.21. The molecule has 1 unspecified atom stereocenters. The predicted molar refractivity (Wildman–Crippen MR) is 62.1 cm³/mol. The predicted octanol–water partition coefficient (Wildman–Crippen LogP) is 0.878. The van der Waals surface area contributed by atoms with Crippen molar-refractivity contribution in [2.24, 2.45) is 0 Å². The summed E-state index contributed by atoms with van der Waals surface area (Å²) in [6.07, 6.45) is 1.88. The highest BCUT2D eigenvalue weighted by molar-refractivity contribution is 5.77. The quantitative estimate of drug-likeness (QED) is 0.765. The Labute approximate surface area is 94.1 Å². The number of para-hydroxylation sites is 1. The first-order valence-electron chi connectivity index (χ1n) is 5.52. The van der Waals surface area contributed by atoms with Gasteiger partial charge in [-0.2, -0.15) is 0 Å². The third-order valence-corrected chi connectivity index (χ3v) is 2.78. The Bertz CT molecular complexity index is 491. The van der Waals surface area contributed by atoms with E-state index in [0.29, 0.717) is 0 Å². The average Bonchev–Trinajstić information content (AvgIpc) is 2.39. The molecule has 1 aromatic heterocycles. The molecule has 3 rings (SSSR count). The highest BCUT2D eigenvalue weighted by Gasteiger charge is 2.18. The van der Waals surface area contributed by atoms with Crippen molar-refractivity contribution < 1.29 is 0 Å². The number of fused-ring (bicyclic) bond motifs is 1. The number of aromatic nitrogens is 2. The van der Waals surface area contributed by atoms with Crippen LogP contribution in [-0.2, 0) is 0 Å². The summed E-state index contributed by atoms with van der Waals surface area (Å²) in [5.41, 5.74) is 0.994. The van der Waals surface area contributed by atoms with Crippen LogP contribution in [0.1, 0.15) is 11.9 Å². The molecule has 0 saturated carbocycles. The molecule has 81 valence electrons. The molecule has 1 radical (unpaired) electrons. The lowest BCUT2D eigenvalue weighted by molar-refractivity contribution is 0.407. The largest absolute Gasteiger partial charge is 0.313 e. The molecule has 1 N–H and O–H groups in total. The number of hydrogen-bond acceptors (Lipinski definition) is 3. The van der Waals surface area contributed by atoms with Crippen molar-refractivity contribution in [3.8, 4) is 0 Å². The molecule has 0 amide bonds. The van der Waals surface area contributed by atoms with Gasteiger partial charge in [0.25, 0.3) is 0 Å². The Morgan fingerprint density at radius 1 is 1.25 bits per heavy atom. The summed E-state index contributed by atoms with van der Waals surface area (Å²) in [7, 11) is 0. The van der Waals surface area contributed by atoms with Gasteiger partial charge in [-0.15, -0.1) is 0 Å². The molecule has 0 bridgehead atoms. The van der Waals surface area contributed by atoms with Crippen LogP contribution in [0.5, 0.6) is 0 Å². The van der Waals surface area contributed by atoms with Crippen LogP contribution in [0.2, 0.25) is 0 Å². The fourth-order valence-corrected chi connectivity index (χ4v) is 1.92. The normalized spacial score (nSPS) is 21.1. The van der Waals surface area contributed by atoms with Crippen LogP contribution in [0.25, 0.3) is 10.9 Å². The first-order chi connectivity index (χ1) is 7.93. The SMILES string of the molecule is c1ccc2nc(C3CNCC[N]3)ncc2c1. The van der Waals surface area contributed by atoms with Gasteiger partial charge in [0.15, 0.2) is 0 Å². The van der Waals surface area contributed by atoms with E-state index in [1.165, 1.54) is 0 Å². The maximum absolute atomic E-state index is 4.55. The van der Waals surface area contributed by atoms with Crippen LogP contribution in [0.15, 0.2) is 30.5 Å². The summed E-state index contributed by atoms with van der Waals surface area (Å²) in [4.78, 5) is 8.94. The molecule has 0 spiro atoms. The maximum atomic E-state index is 4.55. The van der Waals surface area contributed by atoms with Gasteiger partial charge >= 0.3 is 0 Å². The Morgan fingerprint density at radius 2 is 2.19 bits per heavy atom. The van der Waals surface area contributed by atoms with Crippen molar-refractivity contribution in [1.82, 2.24) is 20.6 Å². The standard InChI is InChI=1S/C12H13N4/c1-2-4-10-9(3-1)7-15-12(16-10)11-8-13-5-6-14-11/h1-4,7,11,13H,5-6,8H2. The summed E-state index contributed by atoms with van der Waals surface area (Å²) in [6, 6.07) is 8.14. The number of rotatable bonds is 1. The van der Waals surface area contributed by atoms with Gasteiger partial charge in [0.2, 0.25) is 0 Å². The zero-order chi connectivity index (χ0) is 10.8. The third kappa shape index (κ3) is 1.77. The molecule has 1 aliphatic heterocycles. The molecule has 1 atom stereocenters. The lowest BCUT2D eigenvalue weighted by Crippen LogP contribution is -2.39. The fourth-order valence-electron chi connectivity index (χ4n) is 1.92. The van der Waals surface area contributed by atoms with E-state index in [4.69, 9.17) is 0 Å². The smallest absolute Gasteiger partial charge is 0.148 e. The van der Waals surface area contributed by atoms with E-state index < -0.39 is 0 Å². The van der Waals surface area contributed by atoms with Gasteiger partial charge in [0.05, 0.1) is 11.6 Å². The molecule has 1 aliphatic rings. The Morgan fingerprint density at radius 3 is 3.06 bits per heavy atom. The molecule has 1 fully saturated rings. The summed E-state index contributed by atoms with van der Waals surface area (Å²) >= 11 is 0. The van der Waals surface area contributed by atoms with E-state index in [1.807, 2.05) is 30.5 Å². The first kappa shape index (κ1) is 9.69. The first-order valence-corrected chi connectivity index (χ1v) is 5.52. The van der Waals surface area contributed by atoms with Crippen LogP contribution in [0.3, 0.4) is 0 Å². The zero-order valence-corrected chi connectivity index (χ0v) is 8.93. The van der Waals surface area contributed by atoms with Crippen LogP contribution >= 0.6 is 0 Å². The van der Waals surface area contributed by atoms with Gasteiger partial charge in [0, 0.05) is 31.2 Å². The van der Waals surface area contributed by atoms with Crippen LogP contribution < -0.4 is 10.6 Å². The van der Waals surface area contributed by atoms with Crippen LogP contribution in [0, 0.1) is 0 Å². The summed E-state index contributed by atoms with van der Waals surface area (Å²) in [5.74, 6) is 0.825.